The van der Waals surface area contributed by atoms with E-state index in [9.17, 15) is 16.8 Å². The van der Waals surface area contributed by atoms with E-state index in [4.69, 9.17) is 4.74 Å². The first kappa shape index (κ1) is 27.2. The Morgan fingerprint density at radius 3 is 2.28 bits per heavy atom. The standard InChI is InChI=1S/C22H28IN5O5S2Si/c1-33-17-7-5-16(6-8-17)15-28-22(24-25-26-28)20-18(23)9-10-19(21(20)35(31,32)27-11-12-27)34(29,30)13-14-36(2,3)4/h5-10H,11-15H2,1-4H3. The number of ether oxygens (including phenoxy) is 1. The highest BCUT2D eigenvalue weighted by atomic mass is 127. The van der Waals surface area contributed by atoms with Gasteiger partial charge in [-0.05, 0) is 68.9 Å². The molecular formula is C22H28IN5O5S2Si. The van der Waals surface area contributed by atoms with Crippen molar-refractivity contribution in [3.05, 3.63) is 45.5 Å². The Bertz CT molecular complexity index is 1480. The van der Waals surface area contributed by atoms with E-state index >= 15 is 0 Å². The third-order valence-electron chi connectivity index (χ3n) is 5.78. The number of rotatable bonds is 10. The van der Waals surface area contributed by atoms with Gasteiger partial charge in [0.15, 0.2) is 15.7 Å². The van der Waals surface area contributed by atoms with Crippen LogP contribution in [0.5, 0.6) is 5.75 Å². The van der Waals surface area contributed by atoms with Gasteiger partial charge in [0.1, 0.15) is 10.6 Å². The minimum atomic E-state index is -4.08. The van der Waals surface area contributed by atoms with Crippen molar-refractivity contribution in [3.8, 4) is 17.1 Å². The maximum absolute atomic E-state index is 13.6. The number of sulfone groups is 1. The fourth-order valence-electron chi connectivity index (χ4n) is 3.60. The van der Waals surface area contributed by atoms with Crippen LogP contribution in [0.4, 0.5) is 0 Å². The second-order valence-electron chi connectivity index (χ2n) is 9.79. The Morgan fingerprint density at radius 1 is 1.03 bits per heavy atom. The first-order valence-corrected chi connectivity index (χ1v) is 19.2. The summed E-state index contributed by atoms with van der Waals surface area (Å²) in [6, 6.07) is 10.9. The SMILES string of the molecule is COc1ccc(Cn2nnnc2-c2c(I)ccc(S(=O)(=O)CC[Si](C)(C)C)c2S(=O)(=O)N2CC2)cc1. The van der Waals surface area contributed by atoms with Crippen LogP contribution in [-0.2, 0) is 26.4 Å². The zero-order valence-electron chi connectivity index (χ0n) is 20.5. The number of hydrogen-bond acceptors (Lipinski definition) is 8. The maximum Gasteiger partial charge on any atom is 0.245 e. The van der Waals surface area contributed by atoms with Gasteiger partial charge in [-0.15, -0.1) is 5.10 Å². The van der Waals surface area contributed by atoms with Gasteiger partial charge < -0.3 is 4.74 Å². The van der Waals surface area contributed by atoms with Gasteiger partial charge in [-0.3, -0.25) is 0 Å². The van der Waals surface area contributed by atoms with E-state index in [1.54, 1.807) is 13.2 Å². The number of sulfonamides is 1. The zero-order chi connectivity index (χ0) is 26.3. The van der Waals surface area contributed by atoms with E-state index in [0.717, 1.165) is 5.56 Å². The van der Waals surface area contributed by atoms with Crippen molar-refractivity contribution in [2.75, 3.05) is 26.0 Å². The quantitative estimate of drug-likeness (QED) is 0.185. The molecule has 0 bridgehead atoms. The van der Waals surface area contributed by atoms with Crippen molar-refractivity contribution in [3.63, 3.8) is 0 Å². The van der Waals surface area contributed by atoms with Crippen molar-refractivity contribution in [2.45, 2.75) is 42.0 Å². The van der Waals surface area contributed by atoms with Gasteiger partial charge in [0.2, 0.25) is 10.0 Å². The lowest BCUT2D eigenvalue weighted by molar-refractivity contribution is 0.414. The monoisotopic (exact) mass is 661 g/mol. The van der Waals surface area contributed by atoms with E-state index in [1.807, 2.05) is 46.9 Å². The van der Waals surface area contributed by atoms with Crippen LogP contribution in [-0.4, -0.2) is 75.4 Å². The molecule has 0 unspecified atom stereocenters. The van der Waals surface area contributed by atoms with Crippen molar-refractivity contribution in [2.24, 2.45) is 0 Å². The molecule has 14 heteroatoms. The van der Waals surface area contributed by atoms with Crippen LogP contribution in [0.3, 0.4) is 0 Å². The molecular weight excluding hydrogens is 633 g/mol. The second kappa shape index (κ2) is 10.1. The lowest BCUT2D eigenvalue weighted by Gasteiger charge is -2.19. The molecule has 0 spiro atoms. The molecule has 0 N–H and O–H groups in total. The molecule has 194 valence electrons. The fourth-order valence-corrected chi connectivity index (χ4v) is 11.2. The number of aromatic nitrogens is 4. The van der Waals surface area contributed by atoms with Gasteiger partial charge in [-0.2, -0.15) is 4.31 Å². The highest BCUT2D eigenvalue weighted by molar-refractivity contribution is 14.1. The number of benzene rings is 2. The summed E-state index contributed by atoms with van der Waals surface area (Å²) >= 11 is 2.01. The van der Waals surface area contributed by atoms with Crippen LogP contribution >= 0.6 is 22.6 Å². The van der Waals surface area contributed by atoms with E-state index in [-0.39, 0.29) is 33.5 Å². The number of tetrazole rings is 1. The summed E-state index contributed by atoms with van der Waals surface area (Å²) in [5, 5.41) is 12.0. The van der Waals surface area contributed by atoms with Crippen molar-refractivity contribution < 1.29 is 21.6 Å². The maximum atomic E-state index is 13.6. The largest absolute Gasteiger partial charge is 0.497 e. The molecule has 1 aliphatic rings. The van der Waals surface area contributed by atoms with Gasteiger partial charge in [0.25, 0.3) is 0 Å². The summed E-state index contributed by atoms with van der Waals surface area (Å²) in [4.78, 5) is -0.435. The lowest BCUT2D eigenvalue weighted by Crippen LogP contribution is -2.25. The van der Waals surface area contributed by atoms with Crippen LogP contribution in [0.15, 0.2) is 46.2 Å². The Morgan fingerprint density at radius 2 is 1.69 bits per heavy atom. The average Bonchev–Trinajstić information content (AvgIpc) is 3.59. The molecule has 0 amide bonds. The Hall–Kier alpha value is -1.88. The molecule has 1 aromatic heterocycles. The second-order valence-corrected chi connectivity index (χ2v) is 20.5. The van der Waals surface area contributed by atoms with Gasteiger partial charge >= 0.3 is 0 Å². The molecule has 1 saturated heterocycles. The predicted octanol–water partition coefficient (Wildman–Crippen LogP) is 3.12. The summed E-state index contributed by atoms with van der Waals surface area (Å²) in [5.41, 5.74) is 1.07. The van der Waals surface area contributed by atoms with Gasteiger partial charge in [-0.1, -0.05) is 31.8 Å². The number of nitrogens with zero attached hydrogens (tertiary/aromatic N) is 5. The summed E-state index contributed by atoms with van der Waals surface area (Å²) in [6.07, 6.45) is 0. The molecule has 1 aliphatic heterocycles. The number of methoxy groups -OCH3 is 1. The van der Waals surface area contributed by atoms with Crippen LogP contribution in [0.2, 0.25) is 25.7 Å². The summed E-state index contributed by atoms with van der Waals surface area (Å²) in [6.45, 7) is 7.21. The van der Waals surface area contributed by atoms with E-state index in [0.29, 0.717) is 28.5 Å². The highest BCUT2D eigenvalue weighted by Gasteiger charge is 2.41. The molecule has 0 saturated carbocycles. The molecule has 2 heterocycles. The van der Waals surface area contributed by atoms with Crippen LogP contribution in [0.1, 0.15) is 5.56 Å². The summed E-state index contributed by atoms with van der Waals surface area (Å²) < 4.78 is 62.8. The molecule has 36 heavy (non-hydrogen) atoms. The van der Waals surface area contributed by atoms with Crippen LogP contribution in [0.25, 0.3) is 11.4 Å². The lowest BCUT2D eigenvalue weighted by atomic mass is 10.2. The summed E-state index contributed by atoms with van der Waals surface area (Å²) in [7, 11) is -8.08. The molecule has 10 nitrogen and oxygen atoms in total. The summed E-state index contributed by atoms with van der Waals surface area (Å²) in [5.74, 6) is 0.786. The van der Waals surface area contributed by atoms with Gasteiger partial charge in [0, 0.05) is 24.7 Å². The Kier molecular flexibility index (Phi) is 7.63. The van der Waals surface area contributed by atoms with E-state index in [1.165, 1.54) is 15.1 Å². The number of hydrogen-bond donors (Lipinski definition) is 0. The molecule has 0 atom stereocenters. The molecule has 1 fully saturated rings. The first-order chi connectivity index (χ1) is 16.8. The Balaban J connectivity index is 1.87. The van der Waals surface area contributed by atoms with Crippen molar-refractivity contribution in [1.82, 2.24) is 24.5 Å². The molecule has 4 rings (SSSR count). The minimum absolute atomic E-state index is 0.109. The highest BCUT2D eigenvalue weighted by Crippen LogP contribution is 2.39. The predicted molar refractivity (Wildman–Crippen MR) is 147 cm³/mol. The third kappa shape index (κ3) is 5.82. The van der Waals surface area contributed by atoms with Gasteiger partial charge in [-0.25, -0.2) is 21.5 Å². The van der Waals surface area contributed by atoms with Crippen LogP contribution in [0, 0.1) is 3.57 Å². The van der Waals surface area contributed by atoms with E-state index < -0.39 is 27.9 Å². The molecule has 0 aliphatic carbocycles. The normalized spacial score (nSPS) is 14.7. The molecule has 2 aromatic carbocycles. The Labute approximate surface area is 226 Å². The van der Waals surface area contributed by atoms with Crippen molar-refractivity contribution in [1.29, 1.82) is 0 Å². The minimum Gasteiger partial charge on any atom is -0.497 e. The fraction of sp³-hybridized carbons (Fsp3) is 0.409. The average molecular weight is 662 g/mol. The zero-order valence-corrected chi connectivity index (χ0v) is 25.3. The molecule has 3 aromatic rings. The smallest absolute Gasteiger partial charge is 0.245 e. The topological polar surface area (TPSA) is 124 Å². The third-order valence-corrected chi connectivity index (χ3v) is 12.7. The van der Waals surface area contributed by atoms with Crippen LogP contribution < -0.4 is 4.74 Å². The van der Waals surface area contributed by atoms with Gasteiger partial charge in [0.05, 0.1) is 29.9 Å². The first-order valence-electron chi connectivity index (χ1n) is 11.3. The van der Waals surface area contributed by atoms with Crippen molar-refractivity contribution >= 4 is 50.5 Å². The van der Waals surface area contributed by atoms with E-state index in [2.05, 4.69) is 35.2 Å². The molecule has 0 radical (unpaired) electrons. The number of halogens is 1.